The zero-order chi connectivity index (χ0) is 21.9. The standard InChI is InChI=1S/C28H46O2/c1-19(9-8-18-29)20-12-16-28(6)22-10-11-23-25(2,3)24(30-7)14-15-26(23,4)21(22)13-17-27(20,28)5/h18-20,23-24H,8-17H2,1-7H3. The number of hydrogen-bond donors (Lipinski definition) is 0. The highest BCUT2D eigenvalue weighted by atomic mass is 16.5. The summed E-state index contributed by atoms with van der Waals surface area (Å²) >= 11 is 0. The first-order chi connectivity index (χ1) is 14.1. The van der Waals surface area contributed by atoms with Crippen molar-refractivity contribution in [2.75, 3.05) is 7.11 Å². The van der Waals surface area contributed by atoms with Crippen LogP contribution in [0.15, 0.2) is 11.1 Å². The molecule has 2 saturated carbocycles. The topological polar surface area (TPSA) is 26.3 Å². The van der Waals surface area contributed by atoms with Crippen LogP contribution in [0.3, 0.4) is 0 Å². The van der Waals surface area contributed by atoms with Crippen LogP contribution in [0.25, 0.3) is 0 Å². The van der Waals surface area contributed by atoms with Gasteiger partial charge in [0.2, 0.25) is 0 Å². The number of hydrogen-bond acceptors (Lipinski definition) is 2. The summed E-state index contributed by atoms with van der Waals surface area (Å²) in [6.45, 7) is 15.2. The monoisotopic (exact) mass is 414 g/mol. The second kappa shape index (κ2) is 7.46. The quantitative estimate of drug-likeness (QED) is 0.347. The van der Waals surface area contributed by atoms with Gasteiger partial charge in [-0.3, -0.25) is 0 Å². The number of aldehydes is 1. The molecule has 0 aromatic carbocycles. The highest BCUT2D eigenvalue weighted by Crippen LogP contribution is 2.72. The minimum absolute atomic E-state index is 0.253. The summed E-state index contributed by atoms with van der Waals surface area (Å²) in [6, 6.07) is 0. The van der Waals surface area contributed by atoms with Crippen molar-refractivity contribution in [3.8, 4) is 0 Å². The molecule has 2 fully saturated rings. The van der Waals surface area contributed by atoms with Crippen molar-refractivity contribution in [1.82, 2.24) is 0 Å². The molecule has 0 aliphatic heterocycles. The fourth-order valence-electron chi connectivity index (χ4n) is 9.57. The summed E-state index contributed by atoms with van der Waals surface area (Å²) in [5.74, 6) is 2.16. The van der Waals surface area contributed by atoms with Gasteiger partial charge in [-0.15, -0.1) is 0 Å². The van der Waals surface area contributed by atoms with Gasteiger partial charge in [0.1, 0.15) is 6.29 Å². The minimum atomic E-state index is 0.253. The largest absolute Gasteiger partial charge is 0.381 e. The van der Waals surface area contributed by atoms with E-state index in [1.807, 2.05) is 18.3 Å². The first kappa shape index (κ1) is 22.6. The van der Waals surface area contributed by atoms with Crippen molar-refractivity contribution < 1.29 is 9.53 Å². The van der Waals surface area contributed by atoms with Crippen molar-refractivity contribution in [2.45, 2.75) is 112 Å². The number of carbonyl (C=O) groups excluding carboxylic acids is 1. The Kier molecular flexibility index (Phi) is 5.61. The Morgan fingerprint density at radius 3 is 2.40 bits per heavy atom. The van der Waals surface area contributed by atoms with Crippen LogP contribution in [0.2, 0.25) is 0 Å². The second-order valence-corrected chi connectivity index (χ2v) is 12.7. The lowest BCUT2D eigenvalue weighted by atomic mass is 9.43. The Bertz CT molecular complexity index is 720. The molecule has 0 saturated heterocycles. The Labute approximate surface area is 185 Å². The number of allylic oxidation sites excluding steroid dienone is 2. The molecule has 0 aromatic rings. The molecule has 4 aliphatic rings. The van der Waals surface area contributed by atoms with Gasteiger partial charge in [0.05, 0.1) is 6.10 Å². The van der Waals surface area contributed by atoms with E-state index in [0.29, 0.717) is 28.3 Å². The lowest BCUT2D eigenvalue weighted by Crippen LogP contribution is -2.55. The fourth-order valence-corrected chi connectivity index (χ4v) is 9.57. The Morgan fingerprint density at radius 1 is 1.00 bits per heavy atom. The van der Waals surface area contributed by atoms with Crippen LogP contribution in [0, 0.1) is 39.4 Å². The molecule has 0 radical (unpaired) electrons. The molecule has 7 unspecified atom stereocenters. The minimum Gasteiger partial charge on any atom is -0.381 e. The summed E-state index contributed by atoms with van der Waals surface area (Å²) < 4.78 is 5.97. The Morgan fingerprint density at radius 2 is 1.73 bits per heavy atom. The summed E-state index contributed by atoms with van der Waals surface area (Å²) in [5.41, 5.74) is 5.10. The van der Waals surface area contributed by atoms with E-state index in [-0.39, 0.29) is 5.41 Å². The number of methoxy groups -OCH3 is 1. The van der Waals surface area contributed by atoms with Crippen molar-refractivity contribution in [1.29, 1.82) is 0 Å². The van der Waals surface area contributed by atoms with Crippen LogP contribution >= 0.6 is 0 Å². The van der Waals surface area contributed by atoms with E-state index in [1.54, 1.807) is 0 Å². The van der Waals surface area contributed by atoms with Crippen LogP contribution in [-0.4, -0.2) is 19.5 Å². The van der Waals surface area contributed by atoms with Crippen molar-refractivity contribution in [3.05, 3.63) is 11.1 Å². The van der Waals surface area contributed by atoms with Gasteiger partial charge in [0, 0.05) is 13.5 Å². The van der Waals surface area contributed by atoms with Gasteiger partial charge in [-0.1, -0.05) is 52.7 Å². The molecular formula is C28H46O2. The van der Waals surface area contributed by atoms with E-state index < -0.39 is 0 Å². The average molecular weight is 415 g/mol. The van der Waals surface area contributed by atoms with E-state index in [0.717, 1.165) is 31.0 Å². The van der Waals surface area contributed by atoms with Crippen LogP contribution in [0.1, 0.15) is 106 Å². The number of rotatable bonds is 5. The SMILES string of the molecule is COC1CCC2(C)C3=C(CCC2C1(C)C)C1(C)CCC(C(C)CCC=O)C1(C)CC3. The number of fused-ring (bicyclic) bond motifs is 4. The average Bonchev–Trinajstić information content (AvgIpc) is 2.97. The highest BCUT2D eigenvalue weighted by molar-refractivity contribution is 5.49. The van der Waals surface area contributed by atoms with E-state index in [4.69, 9.17) is 4.74 Å². The van der Waals surface area contributed by atoms with Crippen molar-refractivity contribution >= 4 is 6.29 Å². The molecule has 0 heterocycles. The zero-order valence-electron chi connectivity index (χ0n) is 20.8. The predicted octanol–water partition coefficient (Wildman–Crippen LogP) is 7.37. The maximum atomic E-state index is 11.0. The molecule has 30 heavy (non-hydrogen) atoms. The predicted molar refractivity (Wildman–Crippen MR) is 124 cm³/mol. The molecule has 2 nitrogen and oxygen atoms in total. The third-order valence-electron chi connectivity index (χ3n) is 11.5. The van der Waals surface area contributed by atoms with Gasteiger partial charge >= 0.3 is 0 Å². The van der Waals surface area contributed by atoms with Gasteiger partial charge in [-0.25, -0.2) is 0 Å². The Hall–Kier alpha value is -0.630. The molecular weight excluding hydrogens is 368 g/mol. The first-order valence-corrected chi connectivity index (χ1v) is 12.8. The molecule has 0 bridgehead atoms. The maximum absolute atomic E-state index is 11.0. The van der Waals surface area contributed by atoms with Crippen molar-refractivity contribution in [2.24, 2.45) is 39.4 Å². The fraction of sp³-hybridized carbons (Fsp3) is 0.893. The summed E-state index contributed by atoms with van der Waals surface area (Å²) in [5, 5.41) is 0. The third-order valence-corrected chi connectivity index (χ3v) is 11.5. The van der Waals surface area contributed by atoms with Gasteiger partial charge in [0.15, 0.2) is 0 Å². The Balaban J connectivity index is 1.70. The molecule has 0 spiro atoms. The molecule has 0 N–H and O–H groups in total. The normalized spacial score (nSPS) is 46.0. The summed E-state index contributed by atoms with van der Waals surface area (Å²) in [4.78, 5) is 11.0. The number of ether oxygens (including phenoxy) is 1. The first-order valence-electron chi connectivity index (χ1n) is 12.8. The van der Waals surface area contributed by atoms with Crippen LogP contribution < -0.4 is 0 Å². The summed E-state index contributed by atoms with van der Waals surface area (Å²) in [7, 11) is 1.92. The highest BCUT2D eigenvalue weighted by Gasteiger charge is 2.63. The lowest BCUT2D eigenvalue weighted by Gasteiger charge is -2.62. The molecule has 4 aliphatic carbocycles. The van der Waals surface area contributed by atoms with E-state index in [1.165, 1.54) is 51.4 Å². The molecule has 2 heteroatoms. The summed E-state index contributed by atoms with van der Waals surface area (Å²) in [6.07, 6.45) is 13.8. The van der Waals surface area contributed by atoms with Crippen LogP contribution in [0.4, 0.5) is 0 Å². The van der Waals surface area contributed by atoms with E-state index in [9.17, 15) is 4.79 Å². The van der Waals surface area contributed by atoms with E-state index in [2.05, 4.69) is 41.5 Å². The molecule has 0 aromatic heterocycles. The zero-order valence-corrected chi connectivity index (χ0v) is 20.8. The molecule has 4 rings (SSSR count). The third kappa shape index (κ3) is 2.87. The van der Waals surface area contributed by atoms with Crippen molar-refractivity contribution in [3.63, 3.8) is 0 Å². The van der Waals surface area contributed by atoms with Crippen LogP contribution in [-0.2, 0) is 9.53 Å². The van der Waals surface area contributed by atoms with Gasteiger partial charge in [-0.2, -0.15) is 0 Å². The smallest absolute Gasteiger partial charge is 0.120 e. The molecule has 170 valence electrons. The van der Waals surface area contributed by atoms with Gasteiger partial charge in [-0.05, 0) is 97.2 Å². The lowest BCUT2D eigenvalue weighted by molar-refractivity contribution is -0.112. The maximum Gasteiger partial charge on any atom is 0.120 e. The number of carbonyl (C=O) groups is 1. The van der Waals surface area contributed by atoms with E-state index >= 15 is 0 Å². The molecule has 7 atom stereocenters. The van der Waals surface area contributed by atoms with Crippen LogP contribution in [0.5, 0.6) is 0 Å². The van der Waals surface area contributed by atoms with Gasteiger partial charge in [0.25, 0.3) is 0 Å². The van der Waals surface area contributed by atoms with Gasteiger partial charge < -0.3 is 9.53 Å². The molecule has 0 amide bonds. The second-order valence-electron chi connectivity index (χ2n) is 12.7.